The van der Waals surface area contributed by atoms with Crippen LogP contribution in [0.15, 0.2) is 24.3 Å². The van der Waals surface area contributed by atoms with Gasteiger partial charge in [0.1, 0.15) is 5.75 Å². The van der Waals surface area contributed by atoms with E-state index in [-0.39, 0.29) is 11.7 Å². The number of hydrogen-bond donors (Lipinski definition) is 2. The van der Waals surface area contributed by atoms with E-state index in [9.17, 15) is 9.90 Å². The molecule has 4 heteroatoms. The van der Waals surface area contributed by atoms with E-state index in [0.29, 0.717) is 5.56 Å². The Bertz CT molecular complexity index is 599. The lowest BCUT2D eigenvalue weighted by atomic mass is 10.1. The minimum absolute atomic E-state index is 0.102. The fourth-order valence-corrected chi connectivity index (χ4v) is 2.94. The number of thiophene rings is 1. The first-order chi connectivity index (χ1) is 8.17. The van der Waals surface area contributed by atoms with Crippen LogP contribution in [0.1, 0.15) is 22.2 Å². The van der Waals surface area contributed by atoms with E-state index >= 15 is 0 Å². The molecule has 1 aromatic heterocycles. The molecule has 0 aliphatic heterocycles. The molecular formula is C13H13NO2S. The number of aromatic hydroxyl groups is 1. The summed E-state index contributed by atoms with van der Waals surface area (Å²) >= 11 is 1.50. The van der Waals surface area contributed by atoms with Gasteiger partial charge in [0.2, 0.25) is 0 Å². The smallest absolute Gasteiger partial charge is 0.253 e. The number of carbonyl (C=O) groups is 1. The van der Waals surface area contributed by atoms with Crippen molar-refractivity contribution >= 4 is 33.4 Å². The van der Waals surface area contributed by atoms with E-state index in [2.05, 4.69) is 5.32 Å². The van der Waals surface area contributed by atoms with Crippen molar-refractivity contribution < 1.29 is 9.90 Å². The number of allylic oxidation sites excluding steroid dienone is 1. The van der Waals surface area contributed by atoms with Gasteiger partial charge in [-0.05, 0) is 31.2 Å². The molecule has 0 saturated heterocycles. The van der Waals surface area contributed by atoms with Crippen molar-refractivity contribution in [2.45, 2.75) is 6.92 Å². The van der Waals surface area contributed by atoms with Gasteiger partial charge in [-0.1, -0.05) is 6.08 Å². The van der Waals surface area contributed by atoms with Crippen LogP contribution >= 0.6 is 11.3 Å². The molecule has 0 bridgehead atoms. The predicted octanol–water partition coefficient (Wildman–Crippen LogP) is 3.00. The van der Waals surface area contributed by atoms with Crippen molar-refractivity contribution in [3.8, 4) is 5.75 Å². The normalized spacial score (nSPS) is 11.2. The highest BCUT2D eigenvalue weighted by atomic mass is 32.1. The summed E-state index contributed by atoms with van der Waals surface area (Å²) in [6, 6.07) is 5.05. The van der Waals surface area contributed by atoms with Gasteiger partial charge in [0.05, 0.1) is 5.56 Å². The summed E-state index contributed by atoms with van der Waals surface area (Å²) < 4.78 is 0.914. The predicted molar refractivity (Wildman–Crippen MR) is 71.6 cm³/mol. The minimum Gasteiger partial charge on any atom is -0.508 e. The third-order valence-corrected chi connectivity index (χ3v) is 3.59. The number of benzene rings is 1. The van der Waals surface area contributed by atoms with Crippen molar-refractivity contribution in [3.05, 3.63) is 34.7 Å². The van der Waals surface area contributed by atoms with Crippen LogP contribution in [0.5, 0.6) is 5.75 Å². The van der Waals surface area contributed by atoms with Crippen LogP contribution in [0.25, 0.3) is 16.2 Å². The van der Waals surface area contributed by atoms with Crippen molar-refractivity contribution in [1.82, 2.24) is 5.32 Å². The van der Waals surface area contributed by atoms with E-state index < -0.39 is 0 Å². The van der Waals surface area contributed by atoms with Gasteiger partial charge in [0.25, 0.3) is 5.91 Å². The third-order valence-electron chi connectivity index (χ3n) is 2.47. The Balaban J connectivity index is 2.75. The van der Waals surface area contributed by atoms with Gasteiger partial charge in [-0.15, -0.1) is 11.3 Å². The summed E-state index contributed by atoms with van der Waals surface area (Å²) in [5, 5.41) is 13.0. The Kier molecular flexibility index (Phi) is 3.15. The van der Waals surface area contributed by atoms with Crippen LogP contribution < -0.4 is 5.32 Å². The van der Waals surface area contributed by atoms with E-state index in [0.717, 1.165) is 15.0 Å². The molecule has 0 spiro atoms. The number of amides is 1. The highest BCUT2D eigenvalue weighted by molar-refractivity contribution is 7.20. The van der Waals surface area contributed by atoms with E-state index in [4.69, 9.17) is 0 Å². The molecule has 0 unspecified atom stereocenters. The molecule has 0 fully saturated rings. The molecule has 3 nitrogen and oxygen atoms in total. The first-order valence-electron chi connectivity index (χ1n) is 5.27. The van der Waals surface area contributed by atoms with Gasteiger partial charge in [-0.3, -0.25) is 4.79 Å². The number of nitrogens with one attached hydrogen (secondary N) is 1. The lowest BCUT2D eigenvalue weighted by molar-refractivity contribution is 0.0965. The first-order valence-corrected chi connectivity index (χ1v) is 6.09. The first kappa shape index (κ1) is 11.7. The number of rotatable bonds is 2. The quantitative estimate of drug-likeness (QED) is 0.857. The molecule has 2 N–H and O–H groups in total. The zero-order chi connectivity index (χ0) is 12.4. The Labute approximate surface area is 103 Å². The Morgan fingerprint density at radius 2 is 2.24 bits per heavy atom. The molecule has 1 heterocycles. The lowest BCUT2D eigenvalue weighted by Gasteiger charge is -1.99. The molecule has 88 valence electrons. The molecule has 1 amide bonds. The van der Waals surface area contributed by atoms with Crippen molar-refractivity contribution in [2.24, 2.45) is 0 Å². The summed E-state index contributed by atoms with van der Waals surface area (Å²) in [5.41, 5.74) is 0.672. The van der Waals surface area contributed by atoms with Crippen molar-refractivity contribution in [3.63, 3.8) is 0 Å². The number of phenols is 1. The van der Waals surface area contributed by atoms with E-state index in [1.54, 1.807) is 25.2 Å². The SMILES string of the molecule is C/C=C/c1sc2cc(O)ccc2c1C(=O)NC. The van der Waals surface area contributed by atoms with Gasteiger partial charge in [-0.25, -0.2) is 0 Å². The minimum atomic E-state index is -0.102. The van der Waals surface area contributed by atoms with Gasteiger partial charge >= 0.3 is 0 Å². The standard InChI is InChI=1S/C13H13NO2S/c1-3-4-10-12(13(16)14-2)9-6-5-8(15)7-11(9)17-10/h3-7,15H,1-2H3,(H,14,16)/b4-3+. The molecule has 17 heavy (non-hydrogen) atoms. The zero-order valence-corrected chi connectivity index (χ0v) is 10.5. The number of fused-ring (bicyclic) bond motifs is 1. The van der Waals surface area contributed by atoms with Crippen molar-refractivity contribution in [1.29, 1.82) is 0 Å². The Hall–Kier alpha value is -1.81. The van der Waals surface area contributed by atoms with Crippen LogP contribution in [0, 0.1) is 0 Å². The van der Waals surface area contributed by atoms with Crippen molar-refractivity contribution in [2.75, 3.05) is 7.05 Å². The number of hydrogen-bond acceptors (Lipinski definition) is 3. The summed E-state index contributed by atoms with van der Waals surface area (Å²) in [5.74, 6) is 0.115. The maximum absolute atomic E-state index is 11.9. The van der Waals surface area contributed by atoms with Gasteiger partial charge in [0, 0.05) is 22.0 Å². The molecule has 1 aromatic carbocycles. The topological polar surface area (TPSA) is 49.3 Å². The maximum atomic E-state index is 11.9. The Morgan fingerprint density at radius 3 is 2.88 bits per heavy atom. The van der Waals surface area contributed by atoms with Gasteiger partial charge in [-0.2, -0.15) is 0 Å². The average molecular weight is 247 g/mol. The number of phenolic OH excluding ortho intramolecular Hbond substituents is 1. The van der Waals surface area contributed by atoms with Gasteiger partial charge in [0.15, 0.2) is 0 Å². The van der Waals surface area contributed by atoms with Crippen LogP contribution in [-0.2, 0) is 0 Å². The second-order valence-corrected chi connectivity index (χ2v) is 4.68. The zero-order valence-electron chi connectivity index (χ0n) is 9.65. The second-order valence-electron chi connectivity index (χ2n) is 3.60. The largest absolute Gasteiger partial charge is 0.508 e. The summed E-state index contributed by atoms with van der Waals surface area (Å²) in [6.07, 6.45) is 3.81. The van der Waals surface area contributed by atoms with E-state index in [1.807, 2.05) is 19.1 Å². The summed E-state index contributed by atoms with van der Waals surface area (Å²) in [4.78, 5) is 12.8. The van der Waals surface area contributed by atoms with Gasteiger partial charge < -0.3 is 10.4 Å². The summed E-state index contributed by atoms with van der Waals surface area (Å²) in [7, 11) is 1.62. The lowest BCUT2D eigenvalue weighted by Crippen LogP contribution is -2.18. The van der Waals surface area contributed by atoms with Crippen LogP contribution in [-0.4, -0.2) is 18.1 Å². The van der Waals surface area contributed by atoms with Crippen LogP contribution in [0.3, 0.4) is 0 Å². The Morgan fingerprint density at radius 1 is 1.47 bits per heavy atom. The monoisotopic (exact) mass is 247 g/mol. The van der Waals surface area contributed by atoms with Crippen LogP contribution in [0.4, 0.5) is 0 Å². The number of carbonyl (C=O) groups excluding carboxylic acids is 1. The maximum Gasteiger partial charge on any atom is 0.253 e. The third kappa shape index (κ3) is 2.03. The highest BCUT2D eigenvalue weighted by Crippen LogP contribution is 2.34. The molecule has 2 rings (SSSR count). The second kappa shape index (κ2) is 4.59. The average Bonchev–Trinajstić information content (AvgIpc) is 2.65. The fourth-order valence-electron chi connectivity index (χ4n) is 1.73. The molecule has 0 radical (unpaired) electrons. The van der Waals surface area contributed by atoms with Crippen LogP contribution in [0.2, 0.25) is 0 Å². The van der Waals surface area contributed by atoms with E-state index in [1.165, 1.54) is 11.3 Å². The molecular weight excluding hydrogens is 234 g/mol. The molecule has 0 saturated carbocycles. The summed E-state index contributed by atoms with van der Waals surface area (Å²) in [6.45, 7) is 1.91. The molecule has 0 aliphatic rings. The highest BCUT2D eigenvalue weighted by Gasteiger charge is 2.16. The fraction of sp³-hybridized carbons (Fsp3) is 0.154. The molecule has 0 aliphatic carbocycles. The molecule has 2 aromatic rings. The molecule has 0 atom stereocenters.